The number of amides is 4. The lowest BCUT2D eigenvalue weighted by atomic mass is 10.0. The summed E-state index contributed by atoms with van der Waals surface area (Å²) >= 11 is 2.65. The zero-order valence-corrected chi connectivity index (χ0v) is 39.8. The lowest BCUT2D eigenvalue weighted by Gasteiger charge is -2.16. The van der Waals surface area contributed by atoms with Crippen molar-refractivity contribution in [3.8, 4) is 0 Å². The molecule has 0 unspecified atom stereocenters. The normalized spacial score (nSPS) is 11.3. The molecule has 0 heterocycles. The van der Waals surface area contributed by atoms with Crippen LogP contribution in [-0.4, -0.2) is 23.6 Å². The second-order valence-electron chi connectivity index (χ2n) is 16.1. The van der Waals surface area contributed by atoms with Crippen molar-refractivity contribution >= 4 is 92.7 Å². The van der Waals surface area contributed by atoms with Crippen molar-refractivity contribution in [2.24, 2.45) is 0 Å². The summed E-state index contributed by atoms with van der Waals surface area (Å²) in [6, 6.07) is 45.8. The highest BCUT2D eigenvalue weighted by molar-refractivity contribution is 7.99. The molecule has 8 rings (SSSR count). The van der Waals surface area contributed by atoms with Gasteiger partial charge in [0.05, 0.1) is 33.6 Å². The number of carbonyl (C=O) groups excluding carboxylic acids is 4. The third-order valence-electron chi connectivity index (χ3n) is 10.7. The van der Waals surface area contributed by atoms with E-state index in [4.69, 9.17) is 11.5 Å². The Labute approximate surface area is 427 Å². The first kappa shape index (κ1) is 51.5. The van der Waals surface area contributed by atoms with E-state index in [-0.39, 0.29) is 28.7 Å². The Morgan fingerprint density at radius 2 is 0.730 bits per heavy atom. The lowest BCUT2D eigenvalue weighted by molar-refractivity contribution is -0.138. The molecule has 0 saturated heterocycles. The molecule has 0 radical (unpaired) electrons. The summed E-state index contributed by atoms with van der Waals surface area (Å²) in [5.74, 6) is -2.69. The van der Waals surface area contributed by atoms with Crippen molar-refractivity contribution in [1.82, 2.24) is 0 Å². The first-order valence-electron chi connectivity index (χ1n) is 22.0. The molecule has 10 N–H and O–H groups in total. The monoisotopic (exact) mass is 1040 g/mol. The van der Waals surface area contributed by atoms with Gasteiger partial charge in [-0.05, 0) is 164 Å². The summed E-state index contributed by atoms with van der Waals surface area (Å²) in [5, 5.41) is 10.7. The summed E-state index contributed by atoms with van der Waals surface area (Å²) in [5.41, 5.74) is 16.3. The van der Waals surface area contributed by atoms with Gasteiger partial charge in [-0.1, -0.05) is 41.7 Å². The van der Waals surface area contributed by atoms with E-state index in [1.54, 1.807) is 91.0 Å². The molecule has 12 nitrogen and oxygen atoms in total. The summed E-state index contributed by atoms with van der Waals surface area (Å²) in [4.78, 5) is 54.9. The summed E-state index contributed by atoms with van der Waals surface area (Å²) in [6.07, 6.45) is -9.72. The minimum absolute atomic E-state index is 0.00980. The Balaban J connectivity index is 0.832. The highest BCUT2D eigenvalue weighted by atomic mass is 32.2. The minimum Gasteiger partial charge on any atom is -0.399 e. The zero-order valence-electron chi connectivity index (χ0n) is 38.2. The van der Waals surface area contributed by atoms with Gasteiger partial charge in [-0.15, -0.1) is 0 Å². The lowest BCUT2D eigenvalue weighted by Crippen LogP contribution is -2.19. The predicted octanol–water partition coefficient (Wildman–Crippen LogP) is 13.6. The third kappa shape index (κ3) is 13.5. The average molecular weight is 1040 g/mol. The van der Waals surface area contributed by atoms with Crippen LogP contribution in [0.25, 0.3) is 0 Å². The molecule has 0 aliphatic heterocycles. The SMILES string of the molecule is Nc1ccc(C(=O)Nc2cccc(Sc3cccc(NC(=O)c4ccc(NNc5ccc(C(=O)Nc6ccc(Sc7cccc(NC(=O)c8ccc(N)cc8C(F)(F)F)c7)cc6)c(C(F)(F)F)c5)cc4)c3)c2)cc1. The highest BCUT2D eigenvalue weighted by Gasteiger charge is 2.37. The quantitative estimate of drug-likeness (QED) is 0.0278. The number of benzene rings is 8. The maximum Gasteiger partial charge on any atom is 0.417 e. The van der Waals surface area contributed by atoms with E-state index in [9.17, 15) is 45.5 Å². The molecule has 0 aliphatic rings. The number of hydrogen-bond donors (Lipinski definition) is 8. The molecule has 8 aromatic carbocycles. The molecule has 20 heteroatoms. The molecule has 8 aromatic rings. The van der Waals surface area contributed by atoms with Crippen molar-refractivity contribution in [3.63, 3.8) is 0 Å². The second-order valence-corrected chi connectivity index (χ2v) is 18.4. The van der Waals surface area contributed by atoms with Crippen molar-refractivity contribution in [2.45, 2.75) is 31.9 Å². The Bertz CT molecular complexity index is 3380. The smallest absolute Gasteiger partial charge is 0.399 e. The first-order valence-corrected chi connectivity index (χ1v) is 23.6. The number of nitrogens with one attached hydrogen (secondary N) is 6. The molecule has 74 heavy (non-hydrogen) atoms. The molecule has 4 amide bonds. The molecule has 0 bridgehead atoms. The van der Waals surface area contributed by atoms with Crippen LogP contribution in [0.2, 0.25) is 0 Å². The van der Waals surface area contributed by atoms with Crippen LogP contribution in [0.3, 0.4) is 0 Å². The number of anilines is 8. The largest absolute Gasteiger partial charge is 0.417 e. The molecule has 0 aromatic heterocycles. The Hall–Kier alpha value is -8.88. The topological polar surface area (TPSA) is 192 Å². The fourth-order valence-electron chi connectivity index (χ4n) is 7.13. The van der Waals surface area contributed by atoms with E-state index in [0.29, 0.717) is 49.7 Å². The fraction of sp³-hybridized carbons (Fsp3) is 0.0370. The highest BCUT2D eigenvalue weighted by Crippen LogP contribution is 2.37. The van der Waals surface area contributed by atoms with E-state index in [0.717, 1.165) is 28.0 Å². The van der Waals surface area contributed by atoms with Gasteiger partial charge in [-0.25, -0.2) is 0 Å². The van der Waals surface area contributed by atoms with Gasteiger partial charge in [0.25, 0.3) is 23.6 Å². The van der Waals surface area contributed by atoms with Gasteiger partial charge in [0.15, 0.2) is 0 Å². The summed E-state index contributed by atoms with van der Waals surface area (Å²) in [6.45, 7) is 0. The number of hydrogen-bond acceptors (Lipinski definition) is 10. The number of carbonyl (C=O) groups is 4. The zero-order chi connectivity index (χ0) is 52.6. The molecular formula is C54H40F6N8O4S2. The summed E-state index contributed by atoms with van der Waals surface area (Å²) in [7, 11) is 0. The van der Waals surface area contributed by atoms with Crippen molar-refractivity contribution in [2.75, 3.05) is 43.6 Å². The molecule has 0 aliphatic carbocycles. The van der Waals surface area contributed by atoms with Crippen LogP contribution in [0.5, 0.6) is 0 Å². The van der Waals surface area contributed by atoms with Crippen LogP contribution in [0.4, 0.5) is 71.8 Å². The van der Waals surface area contributed by atoms with Crippen LogP contribution >= 0.6 is 23.5 Å². The Morgan fingerprint density at radius 3 is 1.23 bits per heavy atom. The molecule has 0 atom stereocenters. The van der Waals surface area contributed by atoms with Crippen LogP contribution < -0.4 is 43.6 Å². The minimum atomic E-state index is -4.91. The van der Waals surface area contributed by atoms with Crippen LogP contribution in [0.15, 0.2) is 202 Å². The van der Waals surface area contributed by atoms with E-state index in [1.165, 1.54) is 66.0 Å². The van der Waals surface area contributed by atoms with Gasteiger partial charge in [-0.2, -0.15) is 26.3 Å². The van der Waals surface area contributed by atoms with E-state index < -0.39 is 52.3 Å². The molecule has 0 saturated carbocycles. The van der Waals surface area contributed by atoms with Crippen molar-refractivity contribution in [1.29, 1.82) is 0 Å². The maximum atomic E-state index is 14.4. The molecule has 0 spiro atoms. The first-order chi connectivity index (χ1) is 35.3. The van der Waals surface area contributed by atoms with E-state index in [1.807, 2.05) is 24.3 Å². The number of alkyl halides is 6. The molecule has 0 fully saturated rings. The third-order valence-corrected chi connectivity index (χ3v) is 12.7. The number of nitrogens with two attached hydrogens (primary N) is 2. The van der Waals surface area contributed by atoms with Crippen molar-refractivity contribution in [3.05, 3.63) is 215 Å². The van der Waals surface area contributed by atoms with Gasteiger partial charge in [-0.3, -0.25) is 19.2 Å². The number of hydrazine groups is 1. The summed E-state index contributed by atoms with van der Waals surface area (Å²) < 4.78 is 83.9. The number of halogens is 6. The predicted molar refractivity (Wildman–Crippen MR) is 278 cm³/mol. The van der Waals surface area contributed by atoms with Gasteiger partial charge in [0, 0.05) is 64.8 Å². The standard InChI is InChI=1S/C54H40F6N8O4S2/c55-53(56,57)47-26-34(62)16-24-45(47)52(72)66-39-6-3-7-42(29-39)73-41-22-19-35(20-23-41)63-51(71)46-25-21-40(30-48(46)54(58,59)60)68-67-36-17-12-32(13-18-36)50(70)65-38-5-2-9-44(28-38)74-43-8-1-4-37(27-43)64-49(69)31-10-14-33(61)15-11-31/h1-30,67-68H,61-62H2,(H,63,71)(H,64,69)(H,65,70)(H,66,72). The van der Waals surface area contributed by atoms with Gasteiger partial charge in [0.2, 0.25) is 0 Å². The van der Waals surface area contributed by atoms with Gasteiger partial charge >= 0.3 is 12.4 Å². The molecule has 374 valence electrons. The average Bonchev–Trinajstić information content (AvgIpc) is 3.36. The van der Waals surface area contributed by atoms with E-state index >= 15 is 0 Å². The van der Waals surface area contributed by atoms with Gasteiger partial charge in [0.1, 0.15) is 0 Å². The van der Waals surface area contributed by atoms with Crippen LogP contribution in [0.1, 0.15) is 52.6 Å². The van der Waals surface area contributed by atoms with Crippen LogP contribution in [-0.2, 0) is 12.4 Å². The number of rotatable bonds is 15. The fourth-order valence-corrected chi connectivity index (χ4v) is 8.94. The number of nitrogen functional groups attached to an aromatic ring is 2. The van der Waals surface area contributed by atoms with E-state index in [2.05, 4.69) is 32.1 Å². The van der Waals surface area contributed by atoms with Gasteiger partial charge < -0.3 is 43.6 Å². The Kier molecular flexibility index (Phi) is 15.5. The van der Waals surface area contributed by atoms with Crippen LogP contribution in [0, 0.1) is 0 Å². The maximum absolute atomic E-state index is 14.4. The molecular weight excluding hydrogens is 1000 g/mol. The van der Waals surface area contributed by atoms with Crippen molar-refractivity contribution < 1.29 is 45.5 Å². The second kappa shape index (κ2) is 22.3. The Morgan fingerprint density at radius 1 is 0.351 bits per heavy atom.